The average Bonchev–Trinajstić information content (AvgIpc) is 2.62. The number of ether oxygens (including phenoxy) is 2. The second-order valence-electron chi connectivity index (χ2n) is 5.91. The molecule has 3 rings (SSSR count). The Morgan fingerprint density at radius 1 is 1.27 bits per heavy atom. The molecule has 0 aliphatic carbocycles. The summed E-state index contributed by atoms with van der Waals surface area (Å²) in [6, 6.07) is 13.1. The summed E-state index contributed by atoms with van der Waals surface area (Å²) in [4.78, 5) is 6.32. The Morgan fingerprint density at radius 3 is 2.77 bits per heavy atom. The van der Waals surface area contributed by atoms with Crippen molar-refractivity contribution in [2.24, 2.45) is 4.99 Å². The van der Waals surface area contributed by atoms with Gasteiger partial charge in [-0.3, -0.25) is 4.99 Å². The second-order valence-corrected chi connectivity index (χ2v) is 5.91. The van der Waals surface area contributed by atoms with Crippen LogP contribution in [0.1, 0.15) is 16.7 Å². The number of guanidine groups is 1. The Balaban J connectivity index is 0.00000243. The lowest BCUT2D eigenvalue weighted by atomic mass is 10.1. The highest BCUT2D eigenvalue weighted by Crippen LogP contribution is 2.29. The summed E-state index contributed by atoms with van der Waals surface area (Å²) in [5, 5.41) is 3.27. The van der Waals surface area contributed by atoms with Crippen LogP contribution >= 0.6 is 24.0 Å². The molecular weight excluding hydrogens is 448 g/mol. The summed E-state index contributed by atoms with van der Waals surface area (Å²) in [5.41, 5.74) is 2.68. The molecule has 0 amide bonds. The minimum absolute atomic E-state index is 0. The molecule has 26 heavy (non-hydrogen) atoms. The fourth-order valence-electron chi connectivity index (χ4n) is 2.88. The van der Waals surface area contributed by atoms with Gasteiger partial charge in [0, 0.05) is 38.3 Å². The first-order valence-electron chi connectivity index (χ1n) is 8.15. The van der Waals surface area contributed by atoms with Crippen LogP contribution < -0.4 is 10.1 Å². The molecule has 0 aromatic heterocycles. The van der Waals surface area contributed by atoms with E-state index in [0.717, 1.165) is 23.6 Å². The molecular formula is C19H23FIN3O2. The van der Waals surface area contributed by atoms with E-state index < -0.39 is 0 Å². The van der Waals surface area contributed by atoms with Gasteiger partial charge in [-0.2, -0.15) is 0 Å². The van der Waals surface area contributed by atoms with E-state index in [1.807, 2.05) is 30.1 Å². The molecule has 2 aromatic carbocycles. The van der Waals surface area contributed by atoms with E-state index in [9.17, 15) is 4.39 Å². The first kappa shape index (κ1) is 20.4. The van der Waals surface area contributed by atoms with Crippen LogP contribution in [0.15, 0.2) is 47.5 Å². The van der Waals surface area contributed by atoms with Crippen LogP contribution in [-0.2, 0) is 24.4 Å². The highest BCUT2D eigenvalue weighted by Gasteiger charge is 2.17. The maximum Gasteiger partial charge on any atom is 0.193 e. The predicted molar refractivity (Wildman–Crippen MR) is 110 cm³/mol. The Bertz CT molecular complexity index is 756. The SMILES string of the molecule is CN=C(NCc1cc(F)cc2c1OCOC2)N(C)Cc1ccccc1.I. The molecule has 0 bridgehead atoms. The summed E-state index contributed by atoms with van der Waals surface area (Å²) in [6.07, 6.45) is 0. The third-order valence-corrected chi connectivity index (χ3v) is 4.02. The van der Waals surface area contributed by atoms with Crippen LogP contribution in [0.4, 0.5) is 4.39 Å². The molecule has 5 nitrogen and oxygen atoms in total. The van der Waals surface area contributed by atoms with Crippen LogP contribution in [0.3, 0.4) is 0 Å². The number of nitrogens with one attached hydrogen (secondary N) is 1. The average molecular weight is 471 g/mol. The van der Waals surface area contributed by atoms with E-state index in [0.29, 0.717) is 18.9 Å². The first-order chi connectivity index (χ1) is 12.2. The number of fused-ring (bicyclic) bond motifs is 1. The first-order valence-corrected chi connectivity index (χ1v) is 8.15. The third-order valence-electron chi connectivity index (χ3n) is 4.02. The van der Waals surface area contributed by atoms with Crippen LogP contribution in [0.5, 0.6) is 5.75 Å². The Kier molecular flexibility index (Phi) is 7.65. The molecule has 140 valence electrons. The van der Waals surface area contributed by atoms with Gasteiger partial charge in [-0.15, -0.1) is 24.0 Å². The van der Waals surface area contributed by atoms with Gasteiger partial charge in [0.15, 0.2) is 12.8 Å². The van der Waals surface area contributed by atoms with Gasteiger partial charge in [-0.05, 0) is 17.7 Å². The molecule has 1 heterocycles. The lowest BCUT2D eigenvalue weighted by molar-refractivity contribution is -0.0173. The van der Waals surface area contributed by atoms with Crippen LogP contribution in [-0.4, -0.2) is 31.7 Å². The number of rotatable bonds is 4. The molecule has 7 heteroatoms. The van der Waals surface area contributed by atoms with Crippen molar-refractivity contribution < 1.29 is 13.9 Å². The lowest BCUT2D eigenvalue weighted by Gasteiger charge is -2.24. The van der Waals surface area contributed by atoms with Crippen molar-refractivity contribution >= 4 is 29.9 Å². The Labute approximate surface area is 170 Å². The van der Waals surface area contributed by atoms with E-state index in [2.05, 4.69) is 22.4 Å². The molecule has 1 aliphatic rings. The zero-order chi connectivity index (χ0) is 17.6. The smallest absolute Gasteiger partial charge is 0.193 e. The minimum Gasteiger partial charge on any atom is -0.467 e. The molecule has 0 saturated heterocycles. The van der Waals surface area contributed by atoms with Gasteiger partial charge in [-0.25, -0.2) is 4.39 Å². The van der Waals surface area contributed by atoms with Gasteiger partial charge >= 0.3 is 0 Å². The van der Waals surface area contributed by atoms with Gasteiger partial charge in [0.1, 0.15) is 11.6 Å². The molecule has 0 atom stereocenters. The van der Waals surface area contributed by atoms with Crippen molar-refractivity contribution in [3.8, 4) is 5.75 Å². The molecule has 1 N–H and O–H groups in total. The van der Waals surface area contributed by atoms with Crippen molar-refractivity contribution in [1.82, 2.24) is 10.2 Å². The highest BCUT2D eigenvalue weighted by molar-refractivity contribution is 14.0. The third kappa shape index (κ3) is 5.07. The Hall–Kier alpha value is -1.87. The van der Waals surface area contributed by atoms with Gasteiger partial charge in [0.25, 0.3) is 0 Å². The Morgan fingerprint density at radius 2 is 2.04 bits per heavy atom. The number of benzene rings is 2. The van der Waals surface area contributed by atoms with E-state index in [-0.39, 0.29) is 36.6 Å². The van der Waals surface area contributed by atoms with Crippen LogP contribution in [0, 0.1) is 5.82 Å². The van der Waals surface area contributed by atoms with Gasteiger partial charge < -0.3 is 19.7 Å². The normalized spacial score (nSPS) is 13.3. The number of aliphatic imine (C=N–C) groups is 1. The molecule has 2 aromatic rings. The second kappa shape index (κ2) is 9.72. The largest absolute Gasteiger partial charge is 0.467 e. The summed E-state index contributed by atoms with van der Waals surface area (Å²) < 4.78 is 24.6. The van der Waals surface area contributed by atoms with Crippen molar-refractivity contribution in [3.63, 3.8) is 0 Å². The number of hydrogen-bond donors (Lipinski definition) is 1. The van der Waals surface area contributed by atoms with Crippen LogP contribution in [0.25, 0.3) is 0 Å². The quantitative estimate of drug-likeness (QED) is 0.421. The maximum absolute atomic E-state index is 13.8. The number of nitrogens with zero attached hydrogens (tertiary/aromatic N) is 2. The maximum atomic E-state index is 13.8. The molecule has 0 fully saturated rings. The van der Waals surface area contributed by atoms with Crippen molar-refractivity contribution in [3.05, 3.63) is 65.0 Å². The molecule has 0 radical (unpaired) electrons. The van der Waals surface area contributed by atoms with Crippen molar-refractivity contribution in [2.75, 3.05) is 20.9 Å². The molecule has 0 spiro atoms. The van der Waals surface area contributed by atoms with Gasteiger partial charge in [0.05, 0.1) is 6.61 Å². The number of halogens is 2. The van der Waals surface area contributed by atoms with Crippen LogP contribution in [0.2, 0.25) is 0 Å². The minimum atomic E-state index is -0.294. The highest BCUT2D eigenvalue weighted by atomic mass is 127. The number of hydrogen-bond acceptors (Lipinski definition) is 3. The van der Waals surface area contributed by atoms with E-state index in [1.54, 1.807) is 7.05 Å². The zero-order valence-corrected chi connectivity index (χ0v) is 17.2. The standard InChI is InChI=1S/C19H22FN3O2.HI/c1-21-19(23(2)11-14-6-4-3-5-7-14)22-10-15-8-17(20)9-16-12-24-13-25-18(15)16;/h3-9H,10-13H2,1-2H3,(H,21,22);1H. The van der Waals surface area contributed by atoms with E-state index in [4.69, 9.17) is 9.47 Å². The predicted octanol–water partition coefficient (Wildman–Crippen LogP) is 3.52. The molecule has 0 unspecified atom stereocenters. The topological polar surface area (TPSA) is 46.1 Å². The van der Waals surface area contributed by atoms with Crippen molar-refractivity contribution in [2.45, 2.75) is 19.7 Å². The summed E-state index contributed by atoms with van der Waals surface area (Å²) >= 11 is 0. The summed E-state index contributed by atoms with van der Waals surface area (Å²) in [7, 11) is 3.70. The van der Waals surface area contributed by atoms with Crippen molar-refractivity contribution in [1.29, 1.82) is 0 Å². The lowest BCUT2D eigenvalue weighted by Crippen LogP contribution is -2.38. The fraction of sp³-hybridized carbons (Fsp3) is 0.316. The van der Waals surface area contributed by atoms with E-state index in [1.165, 1.54) is 17.7 Å². The van der Waals surface area contributed by atoms with Gasteiger partial charge in [0.2, 0.25) is 0 Å². The fourth-order valence-corrected chi connectivity index (χ4v) is 2.88. The van der Waals surface area contributed by atoms with Gasteiger partial charge in [-0.1, -0.05) is 30.3 Å². The molecule has 0 saturated carbocycles. The monoisotopic (exact) mass is 471 g/mol. The van der Waals surface area contributed by atoms with E-state index >= 15 is 0 Å². The summed E-state index contributed by atoms with van der Waals surface area (Å²) in [6.45, 7) is 1.70. The summed E-state index contributed by atoms with van der Waals surface area (Å²) in [5.74, 6) is 1.13. The molecule has 1 aliphatic heterocycles. The zero-order valence-electron chi connectivity index (χ0n) is 14.9.